The molecule has 0 aromatic heterocycles. The van der Waals surface area contributed by atoms with Gasteiger partial charge in [0.25, 0.3) is 11.6 Å². The molecule has 24 heavy (non-hydrogen) atoms. The number of carbonyl (C=O) groups is 2. The number of non-ortho nitro benzene ring substituents is 1. The first kappa shape index (κ1) is 16.4. The fourth-order valence-electron chi connectivity index (χ4n) is 3.60. The maximum Gasteiger partial charge on any atom is 0.325 e. The van der Waals surface area contributed by atoms with Crippen LogP contribution in [0.5, 0.6) is 0 Å². The average molecular weight is 331 g/mol. The van der Waals surface area contributed by atoms with Crippen molar-refractivity contribution in [3.05, 3.63) is 39.9 Å². The van der Waals surface area contributed by atoms with Crippen molar-refractivity contribution in [3.63, 3.8) is 0 Å². The lowest BCUT2D eigenvalue weighted by Gasteiger charge is -2.26. The van der Waals surface area contributed by atoms with E-state index < -0.39 is 10.5 Å². The third-order valence-corrected chi connectivity index (χ3v) is 5.10. The Morgan fingerprint density at radius 2 is 1.83 bits per heavy atom. The van der Waals surface area contributed by atoms with Crippen molar-refractivity contribution in [2.75, 3.05) is 6.54 Å². The Morgan fingerprint density at radius 3 is 2.42 bits per heavy atom. The Kier molecular flexibility index (Phi) is 4.26. The van der Waals surface area contributed by atoms with Crippen LogP contribution in [-0.2, 0) is 10.3 Å². The highest BCUT2D eigenvalue weighted by Gasteiger charge is 2.49. The molecule has 0 spiro atoms. The number of nitrogens with zero attached hydrogens (tertiary/aromatic N) is 2. The van der Waals surface area contributed by atoms with E-state index in [1.54, 1.807) is 6.92 Å². The van der Waals surface area contributed by atoms with Gasteiger partial charge in [-0.2, -0.15) is 0 Å². The predicted octanol–water partition coefficient (Wildman–Crippen LogP) is 2.94. The van der Waals surface area contributed by atoms with Crippen LogP contribution in [0.2, 0.25) is 0 Å². The third kappa shape index (κ3) is 2.86. The Labute approximate surface area is 140 Å². The second-order valence-corrected chi connectivity index (χ2v) is 6.78. The van der Waals surface area contributed by atoms with Crippen molar-refractivity contribution in [2.24, 2.45) is 5.92 Å². The van der Waals surface area contributed by atoms with Crippen LogP contribution in [0.4, 0.5) is 10.5 Å². The summed E-state index contributed by atoms with van der Waals surface area (Å²) < 4.78 is 0. The minimum Gasteiger partial charge on any atom is -0.319 e. The molecule has 1 N–H and O–H groups in total. The number of rotatable bonds is 4. The van der Waals surface area contributed by atoms with E-state index in [2.05, 4.69) is 5.32 Å². The fraction of sp³-hybridized carbons (Fsp3) is 0.529. The quantitative estimate of drug-likeness (QED) is 0.521. The van der Waals surface area contributed by atoms with Crippen molar-refractivity contribution in [1.82, 2.24) is 10.2 Å². The largest absolute Gasteiger partial charge is 0.325 e. The summed E-state index contributed by atoms with van der Waals surface area (Å²) in [4.78, 5) is 36.7. The number of amides is 3. The summed E-state index contributed by atoms with van der Waals surface area (Å²) in [6, 6.07) is 5.38. The van der Waals surface area contributed by atoms with Crippen LogP contribution in [0, 0.1) is 16.0 Å². The number of benzene rings is 1. The molecule has 0 unspecified atom stereocenters. The maximum atomic E-state index is 12.8. The molecule has 1 atom stereocenters. The molecule has 1 saturated carbocycles. The molecule has 1 aliphatic heterocycles. The summed E-state index contributed by atoms with van der Waals surface area (Å²) in [7, 11) is 0. The second kappa shape index (κ2) is 6.22. The molecular weight excluding hydrogens is 310 g/mol. The zero-order valence-electron chi connectivity index (χ0n) is 13.7. The minimum atomic E-state index is -1.17. The van der Waals surface area contributed by atoms with E-state index in [-0.39, 0.29) is 17.6 Å². The van der Waals surface area contributed by atoms with E-state index in [1.165, 1.54) is 35.6 Å². The van der Waals surface area contributed by atoms with Crippen molar-refractivity contribution in [3.8, 4) is 0 Å². The van der Waals surface area contributed by atoms with Crippen molar-refractivity contribution in [2.45, 2.75) is 44.6 Å². The van der Waals surface area contributed by atoms with Gasteiger partial charge < -0.3 is 5.32 Å². The van der Waals surface area contributed by atoms with Gasteiger partial charge in [-0.15, -0.1) is 0 Å². The maximum absolute atomic E-state index is 12.8. The zero-order chi connectivity index (χ0) is 17.3. The van der Waals surface area contributed by atoms with Gasteiger partial charge in [-0.3, -0.25) is 19.8 Å². The van der Waals surface area contributed by atoms with Crippen LogP contribution in [0.25, 0.3) is 0 Å². The lowest BCUT2D eigenvalue weighted by molar-refractivity contribution is -0.384. The second-order valence-electron chi connectivity index (χ2n) is 6.78. The summed E-state index contributed by atoms with van der Waals surface area (Å²) >= 11 is 0. The molecule has 0 bridgehead atoms. The summed E-state index contributed by atoms with van der Waals surface area (Å²) in [6.07, 6.45) is 5.61. The lowest BCUT2D eigenvalue weighted by Crippen LogP contribution is -2.41. The number of nitro groups is 1. The van der Waals surface area contributed by atoms with Gasteiger partial charge in [-0.05, 0) is 43.4 Å². The highest BCUT2D eigenvalue weighted by molar-refractivity contribution is 6.07. The Balaban J connectivity index is 1.79. The molecule has 1 saturated heterocycles. The summed E-state index contributed by atoms with van der Waals surface area (Å²) in [5.41, 5.74) is -0.656. The van der Waals surface area contributed by atoms with Gasteiger partial charge >= 0.3 is 6.03 Å². The summed E-state index contributed by atoms with van der Waals surface area (Å²) in [5.74, 6) is 0.0830. The summed E-state index contributed by atoms with van der Waals surface area (Å²) in [5, 5.41) is 13.5. The number of hydrogen-bond acceptors (Lipinski definition) is 4. The van der Waals surface area contributed by atoms with Gasteiger partial charge in [0, 0.05) is 18.7 Å². The van der Waals surface area contributed by atoms with E-state index in [0.717, 1.165) is 25.7 Å². The Hall–Kier alpha value is -2.44. The summed E-state index contributed by atoms with van der Waals surface area (Å²) in [6.45, 7) is 2.10. The smallest absolute Gasteiger partial charge is 0.319 e. The third-order valence-electron chi connectivity index (χ3n) is 5.10. The molecule has 3 amide bonds. The molecule has 1 aromatic rings. The van der Waals surface area contributed by atoms with Gasteiger partial charge in [0.05, 0.1) is 4.92 Å². The fourth-order valence-corrected chi connectivity index (χ4v) is 3.60. The Bertz CT molecular complexity index is 667. The van der Waals surface area contributed by atoms with Crippen LogP contribution in [0.3, 0.4) is 0 Å². The molecule has 1 aromatic carbocycles. The van der Waals surface area contributed by atoms with Gasteiger partial charge in [-0.1, -0.05) is 19.3 Å². The number of nitro benzene ring substituents is 1. The van der Waals surface area contributed by atoms with Crippen LogP contribution in [0.15, 0.2) is 24.3 Å². The monoisotopic (exact) mass is 331 g/mol. The first-order chi connectivity index (χ1) is 11.4. The molecule has 1 heterocycles. The molecule has 0 radical (unpaired) electrons. The topological polar surface area (TPSA) is 92.6 Å². The minimum absolute atomic E-state index is 0.0433. The lowest BCUT2D eigenvalue weighted by atomic mass is 9.88. The Morgan fingerprint density at radius 1 is 1.21 bits per heavy atom. The highest BCUT2D eigenvalue weighted by Crippen LogP contribution is 2.32. The first-order valence-electron chi connectivity index (χ1n) is 8.31. The van der Waals surface area contributed by atoms with Crippen molar-refractivity contribution >= 4 is 17.6 Å². The van der Waals surface area contributed by atoms with Gasteiger partial charge in [0.1, 0.15) is 5.54 Å². The predicted molar refractivity (Wildman–Crippen MR) is 87.3 cm³/mol. The standard InChI is InChI=1S/C17H21N3O4/c1-17(13-7-9-14(10-8-13)20(23)24)15(21)19(16(22)18-17)11-12-5-3-2-4-6-12/h7-10,12H,2-6,11H2,1H3,(H,18,22)/t17-/m0/s1. The molecule has 2 aliphatic rings. The number of carbonyl (C=O) groups excluding carboxylic acids is 2. The van der Waals surface area contributed by atoms with E-state index in [9.17, 15) is 19.7 Å². The average Bonchev–Trinajstić information content (AvgIpc) is 2.80. The zero-order valence-corrected chi connectivity index (χ0v) is 13.7. The van der Waals surface area contributed by atoms with Gasteiger partial charge in [0.2, 0.25) is 0 Å². The number of imide groups is 1. The van der Waals surface area contributed by atoms with Gasteiger partial charge in [-0.25, -0.2) is 4.79 Å². The van der Waals surface area contributed by atoms with E-state index in [1.807, 2.05) is 0 Å². The highest BCUT2D eigenvalue weighted by atomic mass is 16.6. The number of hydrogen-bond donors (Lipinski definition) is 1. The molecule has 128 valence electrons. The van der Waals surface area contributed by atoms with Crippen LogP contribution in [-0.4, -0.2) is 28.3 Å². The van der Waals surface area contributed by atoms with Crippen LogP contribution >= 0.6 is 0 Å². The number of nitrogens with one attached hydrogen (secondary N) is 1. The normalized spacial score (nSPS) is 25.0. The molecule has 1 aliphatic carbocycles. The molecule has 3 rings (SSSR count). The van der Waals surface area contributed by atoms with Crippen molar-refractivity contribution < 1.29 is 14.5 Å². The van der Waals surface area contributed by atoms with E-state index in [0.29, 0.717) is 18.0 Å². The molecule has 7 heteroatoms. The van der Waals surface area contributed by atoms with Gasteiger partial charge in [0.15, 0.2) is 0 Å². The van der Waals surface area contributed by atoms with Crippen LogP contribution in [0.1, 0.15) is 44.6 Å². The molecule has 2 fully saturated rings. The van der Waals surface area contributed by atoms with E-state index >= 15 is 0 Å². The van der Waals surface area contributed by atoms with E-state index in [4.69, 9.17) is 0 Å². The van der Waals surface area contributed by atoms with Crippen molar-refractivity contribution in [1.29, 1.82) is 0 Å². The van der Waals surface area contributed by atoms with Crippen LogP contribution < -0.4 is 5.32 Å². The first-order valence-corrected chi connectivity index (χ1v) is 8.31. The molecule has 7 nitrogen and oxygen atoms in total. The SMILES string of the molecule is C[C@@]1(c2ccc([N+](=O)[O-])cc2)NC(=O)N(CC2CCCCC2)C1=O. The molecular formula is C17H21N3O4. The number of urea groups is 1.